The van der Waals surface area contributed by atoms with Gasteiger partial charge in [0.25, 0.3) is 0 Å². The molecule has 0 aliphatic rings. The van der Waals surface area contributed by atoms with Crippen molar-refractivity contribution in [2.24, 2.45) is 0 Å². The van der Waals surface area contributed by atoms with Crippen molar-refractivity contribution in [3.05, 3.63) is 12.2 Å². The third kappa shape index (κ3) is 6.26. The van der Waals surface area contributed by atoms with Crippen LogP contribution in [-0.4, -0.2) is 28.8 Å². The van der Waals surface area contributed by atoms with Crippen LogP contribution >= 0.6 is 0 Å². The summed E-state index contributed by atoms with van der Waals surface area (Å²) in [6.07, 6.45) is 1.73. The fourth-order valence-corrected chi connectivity index (χ4v) is 0.959. The summed E-state index contributed by atoms with van der Waals surface area (Å²) in [4.78, 5) is 0. The predicted molar refractivity (Wildman–Crippen MR) is 51.2 cm³/mol. The summed E-state index contributed by atoms with van der Waals surface area (Å²) in [7, 11) is -0.717. The lowest BCUT2D eigenvalue weighted by Crippen LogP contribution is -2.28. The van der Waals surface area contributed by atoms with Crippen molar-refractivity contribution in [1.82, 2.24) is 5.32 Å². The highest BCUT2D eigenvalue weighted by molar-refractivity contribution is 7.84. The van der Waals surface area contributed by atoms with Crippen LogP contribution in [0.25, 0.3) is 0 Å². The minimum Gasteiger partial charge on any atom is -0.312 e. The average molecular weight is 175 g/mol. The van der Waals surface area contributed by atoms with Gasteiger partial charge < -0.3 is 5.32 Å². The maximum atomic E-state index is 10.9. The summed E-state index contributed by atoms with van der Waals surface area (Å²) in [5, 5.41) is 3.40. The van der Waals surface area contributed by atoms with Crippen LogP contribution < -0.4 is 5.32 Å². The fourth-order valence-electron chi connectivity index (χ4n) is 0.606. The lowest BCUT2D eigenvalue weighted by atomic mass is 10.3. The molecule has 0 aliphatic heterocycles. The van der Waals surface area contributed by atoms with E-state index >= 15 is 0 Å². The molecule has 2 unspecified atom stereocenters. The molecule has 0 heterocycles. The Morgan fingerprint density at radius 3 is 2.64 bits per heavy atom. The monoisotopic (exact) mass is 175 g/mol. The van der Waals surface area contributed by atoms with E-state index in [1.165, 1.54) is 0 Å². The Bertz CT molecular complexity index is 156. The van der Waals surface area contributed by atoms with E-state index in [0.29, 0.717) is 0 Å². The third-order valence-corrected chi connectivity index (χ3v) is 2.73. The minimum atomic E-state index is -0.717. The van der Waals surface area contributed by atoms with Gasteiger partial charge in [0.1, 0.15) is 0 Å². The molecule has 0 aromatic carbocycles. The number of hydrogen-bond donors (Lipinski definition) is 1. The smallest absolute Gasteiger partial charge is 0.0441 e. The van der Waals surface area contributed by atoms with E-state index in [4.69, 9.17) is 0 Å². The number of hydrogen-bond acceptors (Lipinski definition) is 2. The second-order valence-electron chi connectivity index (χ2n) is 2.90. The van der Waals surface area contributed by atoms with E-state index in [0.717, 1.165) is 18.7 Å². The summed E-state index contributed by atoms with van der Waals surface area (Å²) in [6, 6.07) is 0. The first-order chi connectivity index (χ1) is 5.04. The van der Waals surface area contributed by atoms with Gasteiger partial charge in [0.15, 0.2) is 0 Å². The number of nitrogens with one attached hydrogen (secondary N) is 1. The Morgan fingerprint density at radius 2 is 2.27 bits per heavy atom. The van der Waals surface area contributed by atoms with Crippen molar-refractivity contribution < 1.29 is 4.21 Å². The molecule has 2 atom stereocenters. The summed E-state index contributed by atoms with van der Waals surface area (Å²) in [5.41, 5.74) is 1.11. The molecule has 1 N–H and O–H groups in total. The van der Waals surface area contributed by atoms with Crippen LogP contribution in [0.3, 0.4) is 0 Å². The van der Waals surface area contributed by atoms with Crippen LogP contribution in [0.2, 0.25) is 0 Å². The van der Waals surface area contributed by atoms with Gasteiger partial charge in [0.2, 0.25) is 0 Å². The molecule has 0 saturated heterocycles. The standard InChI is InChI=1S/C8H17NOS/c1-7(2)5-9-6-8(3)11(4)10/h8-9H,1,5-6H2,2-4H3. The zero-order valence-corrected chi connectivity index (χ0v) is 8.33. The highest BCUT2D eigenvalue weighted by Crippen LogP contribution is 1.90. The molecule has 3 heteroatoms. The molecule has 0 bridgehead atoms. The Labute approximate surface area is 71.5 Å². The van der Waals surface area contributed by atoms with E-state index < -0.39 is 10.8 Å². The van der Waals surface area contributed by atoms with Crippen molar-refractivity contribution in [3.63, 3.8) is 0 Å². The zero-order chi connectivity index (χ0) is 8.85. The van der Waals surface area contributed by atoms with Gasteiger partial charge in [-0.05, 0) is 13.8 Å². The molecule has 0 radical (unpaired) electrons. The molecular weight excluding hydrogens is 158 g/mol. The van der Waals surface area contributed by atoms with Gasteiger partial charge in [-0.25, -0.2) is 0 Å². The van der Waals surface area contributed by atoms with Crippen molar-refractivity contribution in [1.29, 1.82) is 0 Å². The topological polar surface area (TPSA) is 29.1 Å². The molecular formula is C8H17NOS. The van der Waals surface area contributed by atoms with E-state index in [1.54, 1.807) is 6.26 Å². The summed E-state index contributed by atoms with van der Waals surface area (Å²) < 4.78 is 10.9. The van der Waals surface area contributed by atoms with Gasteiger partial charge in [-0.15, -0.1) is 0 Å². The third-order valence-electron chi connectivity index (χ3n) is 1.43. The second-order valence-corrected chi connectivity index (χ2v) is 4.70. The van der Waals surface area contributed by atoms with E-state index in [2.05, 4.69) is 11.9 Å². The summed E-state index contributed by atoms with van der Waals surface area (Å²) in [6.45, 7) is 9.33. The SMILES string of the molecule is C=C(C)CNCC(C)S(C)=O. The van der Waals surface area contributed by atoms with E-state index in [1.807, 2.05) is 13.8 Å². The lowest BCUT2D eigenvalue weighted by molar-refractivity contribution is 0.660. The summed E-state index contributed by atoms with van der Waals surface area (Å²) in [5.74, 6) is 0. The van der Waals surface area contributed by atoms with Gasteiger partial charge in [0, 0.05) is 35.4 Å². The van der Waals surface area contributed by atoms with E-state index in [-0.39, 0.29) is 5.25 Å². The number of rotatable bonds is 5. The summed E-state index contributed by atoms with van der Waals surface area (Å²) >= 11 is 0. The van der Waals surface area contributed by atoms with Crippen molar-refractivity contribution in [2.45, 2.75) is 19.1 Å². The molecule has 0 saturated carbocycles. The van der Waals surface area contributed by atoms with Crippen molar-refractivity contribution >= 4 is 10.8 Å². The Morgan fingerprint density at radius 1 is 1.73 bits per heavy atom. The first-order valence-electron chi connectivity index (χ1n) is 3.71. The Hall–Kier alpha value is -0.150. The molecule has 0 aliphatic carbocycles. The zero-order valence-electron chi connectivity index (χ0n) is 7.52. The fraction of sp³-hybridized carbons (Fsp3) is 0.750. The molecule has 0 aromatic heterocycles. The van der Waals surface area contributed by atoms with Gasteiger partial charge in [-0.1, -0.05) is 12.2 Å². The molecule has 0 amide bonds. The van der Waals surface area contributed by atoms with Gasteiger partial charge >= 0.3 is 0 Å². The molecule has 0 aromatic rings. The highest BCUT2D eigenvalue weighted by Gasteiger charge is 2.03. The van der Waals surface area contributed by atoms with Crippen LogP contribution in [-0.2, 0) is 10.8 Å². The Balaban J connectivity index is 3.39. The van der Waals surface area contributed by atoms with Crippen molar-refractivity contribution in [3.8, 4) is 0 Å². The molecule has 0 fully saturated rings. The molecule has 0 rings (SSSR count). The van der Waals surface area contributed by atoms with Gasteiger partial charge in [-0.2, -0.15) is 0 Å². The lowest BCUT2D eigenvalue weighted by Gasteiger charge is -2.08. The van der Waals surface area contributed by atoms with Crippen LogP contribution in [0.15, 0.2) is 12.2 Å². The predicted octanol–water partition coefficient (Wildman–Crippen LogP) is 0.919. The first kappa shape index (κ1) is 10.8. The van der Waals surface area contributed by atoms with Crippen LogP contribution in [0.4, 0.5) is 0 Å². The quantitative estimate of drug-likeness (QED) is 0.630. The second kappa shape index (κ2) is 5.49. The minimum absolute atomic E-state index is 0.231. The largest absolute Gasteiger partial charge is 0.312 e. The van der Waals surface area contributed by atoms with Crippen LogP contribution in [0, 0.1) is 0 Å². The molecule has 2 nitrogen and oxygen atoms in total. The first-order valence-corrected chi connectivity index (χ1v) is 5.33. The Kier molecular flexibility index (Phi) is 5.42. The molecule has 66 valence electrons. The van der Waals surface area contributed by atoms with Crippen LogP contribution in [0.1, 0.15) is 13.8 Å². The van der Waals surface area contributed by atoms with Crippen molar-refractivity contribution in [2.75, 3.05) is 19.3 Å². The highest BCUT2D eigenvalue weighted by atomic mass is 32.2. The average Bonchev–Trinajstić information content (AvgIpc) is 1.86. The van der Waals surface area contributed by atoms with E-state index in [9.17, 15) is 4.21 Å². The maximum Gasteiger partial charge on any atom is 0.0441 e. The molecule has 0 spiro atoms. The molecule has 11 heavy (non-hydrogen) atoms. The maximum absolute atomic E-state index is 10.9. The normalized spacial score (nSPS) is 15.9. The van der Waals surface area contributed by atoms with Crippen LogP contribution in [0.5, 0.6) is 0 Å². The van der Waals surface area contributed by atoms with Gasteiger partial charge in [0.05, 0.1) is 0 Å². The van der Waals surface area contributed by atoms with Gasteiger partial charge in [-0.3, -0.25) is 4.21 Å².